The van der Waals surface area contributed by atoms with Gasteiger partial charge < -0.3 is 4.74 Å². The highest BCUT2D eigenvalue weighted by Crippen LogP contribution is 2.22. The van der Waals surface area contributed by atoms with E-state index in [1.807, 2.05) is 0 Å². The van der Waals surface area contributed by atoms with E-state index >= 15 is 0 Å². The topological polar surface area (TPSA) is 47.3 Å². The highest BCUT2D eigenvalue weighted by molar-refractivity contribution is 6.30. The summed E-state index contributed by atoms with van der Waals surface area (Å²) >= 11 is 5.74. The van der Waals surface area contributed by atoms with Crippen molar-refractivity contribution >= 4 is 11.6 Å². The summed E-state index contributed by atoms with van der Waals surface area (Å²) in [6, 6.07) is 4.92. The van der Waals surface area contributed by atoms with Crippen LogP contribution in [0.1, 0.15) is 18.4 Å². The second-order valence-electron chi connectivity index (χ2n) is 4.24. The molecule has 1 heterocycles. The van der Waals surface area contributed by atoms with Gasteiger partial charge in [-0.3, -0.25) is 11.3 Å². The molecule has 1 aromatic carbocycles. The Labute approximate surface area is 105 Å². The Balaban J connectivity index is 2.09. The van der Waals surface area contributed by atoms with Crippen molar-refractivity contribution in [3.05, 3.63) is 34.6 Å². The fraction of sp³-hybridized carbons (Fsp3) is 0.500. The van der Waals surface area contributed by atoms with E-state index in [-0.39, 0.29) is 23.0 Å². The zero-order valence-electron chi connectivity index (χ0n) is 9.46. The summed E-state index contributed by atoms with van der Waals surface area (Å²) in [5, 5.41) is 0.144. The van der Waals surface area contributed by atoms with E-state index in [1.165, 1.54) is 6.07 Å². The number of benzene rings is 1. The number of rotatable bonds is 4. The van der Waals surface area contributed by atoms with E-state index in [0.717, 1.165) is 19.4 Å². The lowest BCUT2D eigenvalue weighted by Gasteiger charge is -2.22. The summed E-state index contributed by atoms with van der Waals surface area (Å²) in [5.74, 6) is 5.13. The van der Waals surface area contributed by atoms with Gasteiger partial charge in [0.2, 0.25) is 0 Å². The molecule has 0 saturated carbocycles. The van der Waals surface area contributed by atoms with Crippen LogP contribution in [0.4, 0.5) is 4.39 Å². The molecule has 1 aliphatic rings. The summed E-state index contributed by atoms with van der Waals surface area (Å²) in [4.78, 5) is 0. The van der Waals surface area contributed by atoms with Gasteiger partial charge in [-0.2, -0.15) is 0 Å². The average molecular weight is 259 g/mol. The molecule has 0 aromatic heterocycles. The van der Waals surface area contributed by atoms with Gasteiger partial charge in [0, 0.05) is 6.61 Å². The van der Waals surface area contributed by atoms with Crippen molar-refractivity contribution < 1.29 is 9.13 Å². The first-order valence-electron chi connectivity index (χ1n) is 5.73. The van der Waals surface area contributed by atoms with Gasteiger partial charge in [-0.15, -0.1) is 0 Å². The maximum Gasteiger partial charge on any atom is 0.145 e. The maximum absolute atomic E-state index is 13.7. The van der Waals surface area contributed by atoms with E-state index in [2.05, 4.69) is 5.43 Å². The second-order valence-corrected chi connectivity index (χ2v) is 4.65. The Morgan fingerprint density at radius 3 is 3.06 bits per heavy atom. The molecular formula is C12H16ClFN2O. The lowest BCUT2D eigenvalue weighted by atomic mass is 9.99. The van der Waals surface area contributed by atoms with E-state index < -0.39 is 0 Å². The van der Waals surface area contributed by atoms with Crippen LogP contribution in [-0.2, 0) is 11.2 Å². The molecule has 3 N–H and O–H groups in total. The smallest absolute Gasteiger partial charge is 0.145 e. The Morgan fingerprint density at radius 1 is 1.59 bits per heavy atom. The molecule has 0 amide bonds. The van der Waals surface area contributed by atoms with Gasteiger partial charge >= 0.3 is 0 Å². The number of hydrogen-bond donors (Lipinski definition) is 2. The molecule has 94 valence electrons. The first kappa shape index (κ1) is 12.8. The quantitative estimate of drug-likeness (QED) is 0.642. The van der Waals surface area contributed by atoms with E-state index in [4.69, 9.17) is 22.2 Å². The maximum atomic E-state index is 13.7. The predicted molar refractivity (Wildman–Crippen MR) is 65.2 cm³/mol. The predicted octanol–water partition coefficient (Wildman–Crippen LogP) is 2.03. The van der Waals surface area contributed by atoms with Crippen LogP contribution in [-0.4, -0.2) is 18.8 Å². The third-order valence-electron chi connectivity index (χ3n) is 3.10. The van der Waals surface area contributed by atoms with Crippen molar-refractivity contribution in [1.82, 2.24) is 5.43 Å². The standard InChI is InChI=1S/C12H16ClFN2O/c13-9-4-1-3-8(12(9)14)7-10(16-15)11-5-2-6-17-11/h1,3-4,10-11,16H,2,5-7,15H2. The fourth-order valence-corrected chi connectivity index (χ4v) is 2.35. The lowest BCUT2D eigenvalue weighted by Crippen LogP contribution is -2.45. The van der Waals surface area contributed by atoms with Gasteiger partial charge in [0.05, 0.1) is 17.2 Å². The van der Waals surface area contributed by atoms with Crippen LogP contribution in [0, 0.1) is 5.82 Å². The Bertz CT molecular complexity index is 383. The van der Waals surface area contributed by atoms with Crippen molar-refractivity contribution in [1.29, 1.82) is 0 Å². The second kappa shape index (κ2) is 5.78. The first-order chi connectivity index (χ1) is 8.22. The molecule has 2 unspecified atom stereocenters. The minimum absolute atomic E-state index is 0.0541. The molecular weight excluding hydrogens is 243 g/mol. The molecule has 0 bridgehead atoms. The molecule has 1 aliphatic heterocycles. The van der Waals surface area contributed by atoms with Crippen LogP contribution in [0.5, 0.6) is 0 Å². The SMILES string of the molecule is NNC(Cc1cccc(Cl)c1F)C1CCCO1. The zero-order valence-corrected chi connectivity index (χ0v) is 10.2. The number of ether oxygens (including phenoxy) is 1. The number of nitrogens with two attached hydrogens (primary N) is 1. The number of halogens is 2. The number of hydrogen-bond acceptors (Lipinski definition) is 3. The normalized spacial score (nSPS) is 21.7. The Hall–Kier alpha value is -0.680. The number of hydrazine groups is 1. The highest BCUT2D eigenvalue weighted by Gasteiger charge is 2.26. The van der Waals surface area contributed by atoms with Crippen molar-refractivity contribution in [2.75, 3.05) is 6.61 Å². The molecule has 1 fully saturated rings. The van der Waals surface area contributed by atoms with E-state index in [0.29, 0.717) is 12.0 Å². The molecule has 1 saturated heterocycles. The van der Waals surface area contributed by atoms with Crippen LogP contribution >= 0.6 is 11.6 Å². The summed E-state index contributed by atoms with van der Waals surface area (Å²) in [6.45, 7) is 0.751. The zero-order chi connectivity index (χ0) is 12.3. The fourth-order valence-electron chi connectivity index (χ4n) is 2.16. The molecule has 0 spiro atoms. The monoisotopic (exact) mass is 258 g/mol. The van der Waals surface area contributed by atoms with E-state index in [1.54, 1.807) is 12.1 Å². The summed E-state index contributed by atoms with van der Waals surface area (Å²) in [6.07, 6.45) is 2.52. The van der Waals surface area contributed by atoms with Gasteiger partial charge in [0.1, 0.15) is 5.82 Å². The molecule has 2 atom stereocenters. The Kier molecular flexibility index (Phi) is 4.34. The summed E-state index contributed by atoms with van der Waals surface area (Å²) in [7, 11) is 0. The molecule has 17 heavy (non-hydrogen) atoms. The van der Waals surface area contributed by atoms with Crippen molar-refractivity contribution in [3.8, 4) is 0 Å². The molecule has 5 heteroatoms. The summed E-state index contributed by atoms with van der Waals surface area (Å²) in [5.41, 5.74) is 3.27. The molecule has 3 nitrogen and oxygen atoms in total. The van der Waals surface area contributed by atoms with Crippen LogP contribution in [0.3, 0.4) is 0 Å². The molecule has 0 radical (unpaired) electrons. The van der Waals surface area contributed by atoms with Gasteiger partial charge in [-0.05, 0) is 30.9 Å². The van der Waals surface area contributed by atoms with Gasteiger partial charge in [-0.1, -0.05) is 23.7 Å². The third-order valence-corrected chi connectivity index (χ3v) is 3.39. The van der Waals surface area contributed by atoms with Gasteiger partial charge in [0.25, 0.3) is 0 Å². The van der Waals surface area contributed by atoms with Crippen LogP contribution in [0.15, 0.2) is 18.2 Å². The van der Waals surface area contributed by atoms with Crippen LogP contribution < -0.4 is 11.3 Å². The Morgan fingerprint density at radius 2 is 2.41 bits per heavy atom. The molecule has 0 aliphatic carbocycles. The minimum atomic E-state index is -0.368. The largest absolute Gasteiger partial charge is 0.377 e. The third kappa shape index (κ3) is 2.96. The molecule has 1 aromatic rings. The van der Waals surface area contributed by atoms with Crippen molar-refractivity contribution in [2.24, 2.45) is 5.84 Å². The summed E-state index contributed by atoms with van der Waals surface area (Å²) < 4.78 is 19.3. The van der Waals surface area contributed by atoms with Gasteiger partial charge in [-0.25, -0.2) is 4.39 Å². The van der Waals surface area contributed by atoms with Gasteiger partial charge in [0.15, 0.2) is 0 Å². The lowest BCUT2D eigenvalue weighted by molar-refractivity contribution is 0.0782. The van der Waals surface area contributed by atoms with E-state index in [9.17, 15) is 4.39 Å². The first-order valence-corrected chi connectivity index (χ1v) is 6.11. The minimum Gasteiger partial charge on any atom is -0.377 e. The molecule has 2 rings (SSSR count). The van der Waals surface area contributed by atoms with Crippen LogP contribution in [0.25, 0.3) is 0 Å². The number of nitrogens with one attached hydrogen (secondary N) is 1. The highest BCUT2D eigenvalue weighted by atomic mass is 35.5. The van der Waals surface area contributed by atoms with Crippen LogP contribution in [0.2, 0.25) is 5.02 Å². The van der Waals surface area contributed by atoms with Crippen molar-refractivity contribution in [3.63, 3.8) is 0 Å². The average Bonchev–Trinajstić information content (AvgIpc) is 2.85. The van der Waals surface area contributed by atoms with Crippen molar-refractivity contribution in [2.45, 2.75) is 31.4 Å².